The van der Waals surface area contributed by atoms with E-state index in [0.717, 1.165) is 4.47 Å². The third-order valence-corrected chi connectivity index (χ3v) is 5.61. The summed E-state index contributed by atoms with van der Waals surface area (Å²) in [6.07, 6.45) is 0. The Morgan fingerprint density at radius 1 is 1.11 bits per heavy atom. The molecule has 2 N–H and O–H groups in total. The standard InChI is InChI=1S/C17H12BrFN4O2S2/c18-11-4-1-3-10(7-11)15(25)21-16-22-23-17(27-16)26-9-14(24)20-13-6-2-5-12(19)8-13/h1-8H,9H2,(H,20,24)(H,21,22,25). The number of anilines is 2. The number of carbonyl (C=O) groups is 2. The Kier molecular flexibility index (Phi) is 6.54. The molecule has 1 heterocycles. The molecule has 0 saturated carbocycles. The number of amides is 2. The van der Waals surface area contributed by atoms with Crippen molar-refractivity contribution in [2.24, 2.45) is 0 Å². The van der Waals surface area contributed by atoms with Crippen LogP contribution < -0.4 is 10.6 Å². The quantitative estimate of drug-likeness (QED) is 0.414. The molecule has 0 saturated heterocycles. The van der Waals surface area contributed by atoms with Gasteiger partial charge in [0.25, 0.3) is 5.91 Å². The molecule has 3 rings (SSSR count). The van der Waals surface area contributed by atoms with Gasteiger partial charge in [0.2, 0.25) is 11.0 Å². The van der Waals surface area contributed by atoms with Gasteiger partial charge in [0, 0.05) is 15.7 Å². The first-order valence-electron chi connectivity index (χ1n) is 7.58. The zero-order valence-corrected chi connectivity index (χ0v) is 16.8. The van der Waals surface area contributed by atoms with Crippen molar-refractivity contribution in [3.8, 4) is 0 Å². The van der Waals surface area contributed by atoms with E-state index in [1.165, 1.54) is 41.3 Å². The second-order valence-electron chi connectivity index (χ2n) is 5.18. The normalized spacial score (nSPS) is 10.4. The van der Waals surface area contributed by atoms with E-state index in [1.54, 1.807) is 24.3 Å². The molecule has 2 aromatic carbocycles. The highest BCUT2D eigenvalue weighted by atomic mass is 79.9. The van der Waals surface area contributed by atoms with E-state index >= 15 is 0 Å². The van der Waals surface area contributed by atoms with Gasteiger partial charge in [-0.25, -0.2) is 4.39 Å². The SMILES string of the molecule is O=C(CSc1nnc(NC(=O)c2cccc(Br)c2)s1)Nc1cccc(F)c1. The molecule has 0 aliphatic carbocycles. The fraction of sp³-hybridized carbons (Fsp3) is 0.0588. The van der Waals surface area contributed by atoms with Crippen LogP contribution in [-0.2, 0) is 4.79 Å². The lowest BCUT2D eigenvalue weighted by molar-refractivity contribution is -0.113. The van der Waals surface area contributed by atoms with Gasteiger partial charge in [-0.3, -0.25) is 14.9 Å². The highest BCUT2D eigenvalue weighted by Crippen LogP contribution is 2.26. The van der Waals surface area contributed by atoms with Gasteiger partial charge in [0.05, 0.1) is 5.75 Å². The van der Waals surface area contributed by atoms with Crippen molar-refractivity contribution in [1.82, 2.24) is 10.2 Å². The van der Waals surface area contributed by atoms with E-state index in [0.29, 0.717) is 20.7 Å². The zero-order chi connectivity index (χ0) is 19.2. The van der Waals surface area contributed by atoms with Gasteiger partial charge in [0.1, 0.15) is 5.82 Å². The second kappa shape index (κ2) is 9.07. The largest absolute Gasteiger partial charge is 0.325 e. The Labute approximate surface area is 170 Å². The first kappa shape index (κ1) is 19.5. The van der Waals surface area contributed by atoms with Gasteiger partial charge < -0.3 is 5.32 Å². The van der Waals surface area contributed by atoms with Gasteiger partial charge in [-0.1, -0.05) is 51.2 Å². The smallest absolute Gasteiger partial charge is 0.257 e. The molecule has 0 unspecified atom stereocenters. The van der Waals surface area contributed by atoms with Gasteiger partial charge in [-0.15, -0.1) is 10.2 Å². The molecule has 0 aliphatic heterocycles. The van der Waals surface area contributed by atoms with Gasteiger partial charge in [-0.2, -0.15) is 0 Å². The van der Waals surface area contributed by atoms with E-state index in [-0.39, 0.29) is 17.6 Å². The number of rotatable bonds is 6. The summed E-state index contributed by atoms with van der Waals surface area (Å²) in [4.78, 5) is 24.1. The maximum atomic E-state index is 13.1. The topological polar surface area (TPSA) is 84.0 Å². The van der Waals surface area contributed by atoms with E-state index in [9.17, 15) is 14.0 Å². The van der Waals surface area contributed by atoms with Gasteiger partial charge >= 0.3 is 0 Å². The number of hydrogen-bond acceptors (Lipinski definition) is 6. The lowest BCUT2D eigenvalue weighted by Crippen LogP contribution is -2.13. The Bertz CT molecular complexity index is 983. The number of nitrogens with one attached hydrogen (secondary N) is 2. The Morgan fingerprint density at radius 3 is 2.70 bits per heavy atom. The maximum Gasteiger partial charge on any atom is 0.257 e. The van der Waals surface area contributed by atoms with Crippen molar-refractivity contribution in [3.05, 3.63) is 64.4 Å². The first-order chi connectivity index (χ1) is 13.0. The fourth-order valence-electron chi connectivity index (χ4n) is 2.01. The molecular formula is C17H12BrFN4O2S2. The van der Waals surface area contributed by atoms with Gasteiger partial charge in [0.15, 0.2) is 4.34 Å². The van der Waals surface area contributed by atoms with E-state index in [2.05, 4.69) is 36.8 Å². The summed E-state index contributed by atoms with van der Waals surface area (Å²) < 4.78 is 14.4. The van der Waals surface area contributed by atoms with Crippen LogP contribution in [0.25, 0.3) is 0 Å². The summed E-state index contributed by atoms with van der Waals surface area (Å²) in [5.74, 6) is -0.922. The molecular weight excluding hydrogens is 455 g/mol. The lowest BCUT2D eigenvalue weighted by atomic mass is 10.2. The minimum absolute atomic E-state index is 0.0880. The number of aromatic nitrogens is 2. The predicted molar refractivity (Wildman–Crippen MR) is 108 cm³/mol. The van der Waals surface area contributed by atoms with Crippen molar-refractivity contribution in [1.29, 1.82) is 0 Å². The summed E-state index contributed by atoms with van der Waals surface area (Å²) >= 11 is 5.66. The van der Waals surface area contributed by atoms with Crippen LogP contribution in [0.5, 0.6) is 0 Å². The Hall–Kier alpha value is -2.30. The summed E-state index contributed by atoms with van der Waals surface area (Å²) in [6.45, 7) is 0. The average molecular weight is 467 g/mol. The third kappa shape index (κ3) is 5.84. The van der Waals surface area contributed by atoms with Crippen LogP contribution in [0.4, 0.5) is 15.2 Å². The Balaban J connectivity index is 1.52. The molecule has 0 atom stereocenters. The van der Waals surface area contributed by atoms with Crippen molar-refractivity contribution in [3.63, 3.8) is 0 Å². The number of nitrogens with zero attached hydrogens (tertiary/aromatic N) is 2. The molecule has 0 aliphatic rings. The maximum absolute atomic E-state index is 13.1. The van der Waals surface area contributed by atoms with Crippen LogP contribution in [0.3, 0.4) is 0 Å². The molecule has 3 aromatic rings. The van der Waals surface area contributed by atoms with E-state index < -0.39 is 5.82 Å². The number of thioether (sulfide) groups is 1. The number of carbonyl (C=O) groups excluding carboxylic acids is 2. The summed E-state index contributed by atoms with van der Waals surface area (Å²) in [5, 5.41) is 13.5. The molecule has 0 fully saturated rings. The van der Waals surface area contributed by atoms with Crippen molar-refractivity contribution in [2.45, 2.75) is 4.34 Å². The summed E-state index contributed by atoms with van der Waals surface area (Å²) in [5.41, 5.74) is 0.878. The van der Waals surface area contributed by atoms with Crippen LogP contribution in [0.1, 0.15) is 10.4 Å². The highest BCUT2D eigenvalue weighted by molar-refractivity contribution is 9.10. The average Bonchev–Trinajstić information content (AvgIpc) is 3.07. The lowest BCUT2D eigenvalue weighted by Gasteiger charge is -2.03. The minimum Gasteiger partial charge on any atom is -0.325 e. The summed E-state index contributed by atoms with van der Waals surface area (Å²) in [6, 6.07) is 12.6. The predicted octanol–water partition coefficient (Wildman–Crippen LogP) is 4.42. The molecule has 6 nitrogen and oxygen atoms in total. The zero-order valence-electron chi connectivity index (χ0n) is 13.6. The first-order valence-corrected chi connectivity index (χ1v) is 10.2. The van der Waals surface area contributed by atoms with Crippen LogP contribution in [0.15, 0.2) is 57.3 Å². The van der Waals surface area contributed by atoms with Crippen LogP contribution in [0.2, 0.25) is 0 Å². The monoisotopic (exact) mass is 466 g/mol. The second-order valence-corrected chi connectivity index (χ2v) is 8.30. The number of benzene rings is 2. The van der Waals surface area contributed by atoms with Crippen molar-refractivity contribution in [2.75, 3.05) is 16.4 Å². The molecule has 2 amide bonds. The van der Waals surface area contributed by atoms with E-state index in [4.69, 9.17) is 0 Å². The van der Waals surface area contributed by atoms with Crippen LogP contribution >= 0.6 is 39.0 Å². The molecule has 0 radical (unpaired) electrons. The molecule has 27 heavy (non-hydrogen) atoms. The molecule has 0 bridgehead atoms. The fourth-order valence-corrected chi connectivity index (χ4v) is 3.95. The number of hydrogen-bond donors (Lipinski definition) is 2. The van der Waals surface area contributed by atoms with Crippen molar-refractivity contribution < 1.29 is 14.0 Å². The highest BCUT2D eigenvalue weighted by Gasteiger charge is 2.12. The minimum atomic E-state index is -0.421. The molecule has 10 heteroatoms. The Morgan fingerprint density at radius 2 is 1.93 bits per heavy atom. The van der Waals surface area contributed by atoms with Crippen molar-refractivity contribution >= 4 is 61.7 Å². The molecule has 1 aromatic heterocycles. The van der Waals surface area contributed by atoms with Gasteiger partial charge in [-0.05, 0) is 36.4 Å². The number of halogens is 2. The molecule has 0 spiro atoms. The van der Waals surface area contributed by atoms with Crippen LogP contribution in [-0.4, -0.2) is 27.8 Å². The summed E-state index contributed by atoms with van der Waals surface area (Å²) in [7, 11) is 0. The van der Waals surface area contributed by atoms with Crippen LogP contribution in [0, 0.1) is 5.82 Å². The third-order valence-electron chi connectivity index (χ3n) is 3.15. The van der Waals surface area contributed by atoms with E-state index in [1.807, 2.05) is 6.07 Å². The molecule has 138 valence electrons.